The fraction of sp³-hybridized carbons (Fsp3) is 0.667. The molecule has 0 radical (unpaired) electrons. The van der Waals surface area contributed by atoms with Gasteiger partial charge in [0, 0.05) is 0 Å². The van der Waals surface area contributed by atoms with Crippen LogP contribution in [0.15, 0.2) is 58.2 Å². The molecule has 0 aromatic rings. The molecule has 0 spiro atoms. The first kappa shape index (κ1) is 26.7. The molecule has 0 N–H and O–H groups in total. The van der Waals surface area contributed by atoms with Crippen molar-refractivity contribution in [1.82, 2.24) is 0 Å². The zero-order valence-electron chi connectivity index (χ0n) is 21.5. The van der Waals surface area contributed by atoms with Gasteiger partial charge in [0.1, 0.15) is 0 Å². The number of allylic oxidation sites excluding steroid dienone is 10. The van der Waals surface area contributed by atoms with Gasteiger partial charge in [-0.05, 0) is 117 Å². The van der Waals surface area contributed by atoms with Crippen molar-refractivity contribution in [2.75, 3.05) is 0 Å². The van der Waals surface area contributed by atoms with Gasteiger partial charge in [0.05, 0.1) is 0 Å². The summed E-state index contributed by atoms with van der Waals surface area (Å²) in [5.74, 6) is 0.811. The molecule has 1 rings (SSSR count). The molecule has 0 saturated carbocycles. The Hall–Kier alpha value is -1.30. The van der Waals surface area contributed by atoms with E-state index in [1.807, 2.05) is 0 Å². The van der Waals surface area contributed by atoms with E-state index in [4.69, 9.17) is 0 Å². The Kier molecular flexibility index (Phi) is 12.4. The number of hydrogen-bond acceptors (Lipinski definition) is 0. The maximum absolute atomic E-state index is 2.49. The summed E-state index contributed by atoms with van der Waals surface area (Å²) in [6, 6.07) is 0. The third-order valence-electron chi connectivity index (χ3n) is 7.35. The fourth-order valence-corrected chi connectivity index (χ4v) is 4.49. The van der Waals surface area contributed by atoms with E-state index in [0.29, 0.717) is 5.41 Å². The van der Waals surface area contributed by atoms with E-state index in [1.165, 1.54) is 75.4 Å². The van der Waals surface area contributed by atoms with Gasteiger partial charge in [-0.15, -0.1) is 0 Å². The molecule has 0 aromatic heterocycles. The first-order chi connectivity index (χ1) is 14.1. The summed E-state index contributed by atoms with van der Waals surface area (Å²) in [5, 5.41) is 0. The maximum Gasteiger partial charge on any atom is -0.00904 e. The van der Waals surface area contributed by atoms with Crippen molar-refractivity contribution >= 4 is 0 Å². The summed E-state index contributed by atoms with van der Waals surface area (Å²) < 4.78 is 0. The van der Waals surface area contributed by atoms with Crippen molar-refractivity contribution in [1.29, 1.82) is 0 Å². The second-order valence-corrected chi connectivity index (χ2v) is 10.4. The van der Waals surface area contributed by atoms with Crippen LogP contribution in [0.4, 0.5) is 0 Å². The third-order valence-corrected chi connectivity index (χ3v) is 7.35. The van der Waals surface area contributed by atoms with Crippen LogP contribution >= 0.6 is 0 Å². The molecule has 0 nitrogen and oxygen atoms in total. The van der Waals surface area contributed by atoms with Crippen molar-refractivity contribution < 1.29 is 0 Å². The highest BCUT2D eigenvalue weighted by Crippen LogP contribution is 2.45. The summed E-state index contributed by atoms with van der Waals surface area (Å²) in [6.45, 7) is 18.5. The number of unbranched alkanes of at least 4 members (excludes halogenated alkanes) is 1. The monoisotopic (exact) mass is 410 g/mol. The van der Waals surface area contributed by atoms with E-state index in [0.717, 1.165) is 5.92 Å². The Labute approximate surface area is 189 Å². The lowest BCUT2D eigenvalue weighted by atomic mass is 9.65. The minimum atomic E-state index is 0.404. The molecule has 0 fully saturated rings. The fourth-order valence-electron chi connectivity index (χ4n) is 4.49. The van der Waals surface area contributed by atoms with Gasteiger partial charge >= 0.3 is 0 Å². The van der Waals surface area contributed by atoms with Crippen LogP contribution in [0.2, 0.25) is 0 Å². The predicted molar refractivity (Wildman–Crippen MR) is 138 cm³/mol. The second-order valence-electron chi connectivity index (χ2n) is 10.4. The van der Waals surface area contributed by atoms with Gasteiger partial charge in [-0.3, -0.25) is 0 Å². The molecule has 0 saturated heterocycles. The van der Waals surface area contributed by atoms with Crippen LogP contribution in [0.1, 0.15) is 120 Å². The lowest BCUT2D eigenvalue weighted by molar-refractivity contribution is 0.211. The lowest BCUT2D eigenvalue weighted by Gasteiger charge is -2.40. The van der Waals surface area contributed by atoms with Gasteiger partial charge in [0.15, 0.2) is 0 Å². The van der Waals surface area contributed by atoms with E-state index in [2.05, 4.69) is 85.8 Å². The average Bonchev–Trinajstić information content (AvgIpc) is 2.67. The highest BCUT2D eigenvalue weighted by Gasteiger charge is 2.34. The summed E-state index contributed by atoms with van der Waals surface area (Å²) in [5.41, 5.74) is 8.09. The van der Waals surface area contributed by atoms with Gasteiger partial charge < -0.3 is 0 Å². The standard InChI is InChI=1S/C30H50/c1-24(2)14-11-17-26(4)19-12-18-25(3)15-9-10-16-27(5)22-23-30(8)28(6)20-13-21-29(30)7/h14-16,19-20,29H,9-13,17-18,21-23H2,1-8H3/b25-15+,26-19+,27-16+/t29-,30-/m1/s1. The largest absolute Gasteiger partial charge is 0.0856 e. The van der Waals surface area contributed by atoms with E-state index in [-0.39, 0.29) is 0 Å². The molecule has 1 aliphatic carbocycles. The van der Waals surface area contributed by atoms with Crippen molar-refractivity contribution in [2.45, 2.75) is 120 Å². The predicted octanol–water partition coefficient (Wildman–Crippen LogP) is 10.3. The van der Waals surface area contributed by atoms with E-state index < -0.39 is 0 Å². The molecule has 0 aromatic carbocycles. The number of rotatable bonds is 12. The van der Waals surface area contributed by atoms with Crippen LogP contribution in [0.25, 0.3) is 0 Å². The van der Waals surface area contributed by atoms with E-state index in [1.54, 1.807) is 16.7 Å². The smallest absolute Gasteiger partial charge is 0.00904 e. The Balaban J connectivity index is 2.32. The topological polar surface area (TPSA) is 0 Å². The normalized spacial score (nSPS) is 23.4. The average molecular weight is 411 g/mol. The van der Waals surface area contributed by atoms with Crippen molar-refractivity contribution in [3.63, 3.8) is 0 Å². The van der Waals surface area contributed by atoms with Crippen LogP contribution in [0.3, 0.4) is 0 Å². The molecular weight excluding hydrogens is 360 g/mol. The lowest BCUT2D eigenvalue weighted by Crippen LogP contribution is -2.29. The zero-order valence-corrected chi connectivity index (χ0v) is 21.5. The molecular formula is C30H50. The zero-order chi connectivity index (χ0) is 22.6. The van der Waals surface area contributed by atoms with Crippen LogP contribution in [-0.2, 0) is 0 Å². The molecule has 0 unspecified atom stereocenters. The highest BCUT2D eigenvalue weighted by atomic mass is 14.4. The maximum atomic E-state index is 2.49. The van der Waals surface area contributed by atoms with Crippen LogP contribution in [0, 0.1) is 11.3 Å². The first-order valence-corrected chi connectivity index (χ1v) is 12.4. The summed E-state index contributed by atoms with van der Waals surface area (Å²) in [6.07, 6.45) is 24.5. The Morgan fingerprint density at radius 3 is 1.87 bits per heavy atom. The van der Waals surface area contributed by atoms with Gasteiger partial charge in [0.2, 0.25) is 0 Å². The summed E-state index contributed by atoms with van der Waals surface area (Å²) >= 11 is 0. The molecule has 1 aliphatic rings. The summed E-state index contributed by atoms with van der Waals surface area (Å²) in [7, 11) is 0. The number of hydrogen-bond donors (Lipinski definition) is 0. The van der Waals surface area contributed by atoms with Gasteiger partial charge in [-0.1, -0.05) is 72.1 Å². The molecule has 2 atom stereocenters. The van der Waals surface area contributed by atoms with Crippen LogP contribution in [0.5, 0.6) is 0 Å². The Bertz CT molecular complexity index is 660. The van der Waals surface area contributed by atoms with E-state index in [9.17, 15) is 0 Å². The van der Waals surface area contributed by atoms with Crippen molar-refractivity contribution in [2.24, 2.45) is 11.3 Å². The molecule has 0 heteroatoms. The molecule has 0 bridgehead atoms. The highest BCUT2D eigenvalue weighted by molar-refractivity contribution is 5.17. The van der Waals surface area contributed by atoms with Gasteiger partial charge in [-0.25, -0.2) is 0 Å². The Morgan fingerprint density at radius 1 is 0.833 bits per heavy atom. The van der Waals surface area contributed by atoms with Crippen molar-refractivity contribution in [3.05, 3.63) is 58.2 Å². The van der Waals surface area contributed by atoms with Crippen LogP contribution in [-0.4, -0.2) is 0 Å². The molecule has 170 valence electrons. The quantitative estimate of drug-likeness (QED) is 0.222. The van der Waals surface area contributed by atoms with Gasteiger partial charge in [-0.2, -0.15) is 0 Å². The second kappa shape index (κ2) is 13.9. The van der Waals surface area contributed by atoms with Crippen LogP contribution < -0.4 is 0 Å². The minimum absolute atomic E-state index is 0.404. The SMILES string of the molecule is CC(C)=CCC/C(C)=C/CC/C(C)=C/CC/C=C(\C)CC[C@]1(C)C(C)=CCC[C@H]1C. The first-order valence-electron chi connectivity index (χ1n) is 12.4. The minimum Gasteiger partial charge on any atom is -0.0856 e. The van der Waals surface area contributed by atoms with Gasteiger partial charge in [0.25, 0.3) is 0 Å². The molecule has 0 amide bonds. The molecule has 30 heavy (non-hydrogen) atoms. The molecule has 0 aliphatic heterocycles. The van der Waals surface area contributed by atoms with E-state index >= 15 is 0 Å². The third kappa shape index (κ3) is 10.1. The van der Waals surface area contributed by atoms with Crippen molar-refractivity contribution in [3.8, 4) is 0 Å². The summed E-state index contributed by atoms with van der Waals surface area (Å²) in [4.78, 5) is 0. The molecule has 0 heterocycles. The Morgan fingerprint density at radius 2 is 1.33 bits per heavy atom.